The number of aromatic nitrogens is 2. The van der Waals surface area contributed by atoms with Crippen molar-refractivity contribution >= 4 is 39.0 Å². The number of aliphatic hydroxyl groups is 1. The van der Waals surface area contributed by atoms with Crippen LogP contribution in [0.15, 0.2) is 30.5 Å². The predicted molar refractivity (Wildman–Crippen MR) is 135 cm³/mol. The molecule has 2 bridgehead atoms. The van der Waals surface area contributed by atoms with E-state index in [4.69, 9.17) is 18.0 Å². The van der Waals surface area contributed by atoms with E-state index in [9.17, 15) is 14.6 Å². The number of aryl methyl sites for hydroxylation is 1. The maximum atomic E-state index is 16.3. The van der Waals surface area contributed by atoms with Gasteiger partial charge in [-0.15, -0.1) is 6.42 Å². The number of fused-ring (bicyclic) bond motifs is 4. The third kappa shape index (κ3) is 3.39. The molecule has 2 aromatic carbocycles. The number of terminal acetylenes is 1. The molecule has 2 saturated heterocycles. The SMILES string of the molecule is C#Cc1c(F)ccc2cc(O)cc(-c3ncc4c(N5CC6CC(O)C(C5)N6)nc(Cl)c(C)c4c3F)c12. The van der Waals surface area contributed by atoms with Gasteiger partial charge in [0.2, 0.25) is 0 Å². The van der Waals surface area contributed by atoms with Gasteiger partial charge in [0.15, 0.2) is 5.82 Å². The second-order valence-electron chi connectivity index (χ2n) is 9.40. The van der Waals surface area contributed by atoms with Gasteiger partial charge < -0.3 is 20.4 Å². The zero-order valence-electron chi connectivity index (χ0n) is 19.2. The summed E-state index contributed by atoms with van der Waals surface area (Å²) in [5, 5.41) is 25.6. The van der Waals surface area contributed by atoms with Crippen LogP contribution in [0.2, 0.25) is 5.15 Å². The number of phenols is 1. The largest absolute Gasteiger partial charge is 0.508 e. The van der Waals surface area contributed by atoms with E-state index < -0.39 is 17.7 Å². The molecule has 2 aliphatic heterocycles. The average Bonchev–Trinajstić information content (AvgIpc) is 3.11. The Morgan fingerprint density at radius 2 is 2.03 bits per heavy atom. The second kappa shape index (κ2) is 8.27. The third-order valence-corrected chi connectivity index (χ3v) is 7.57. The molecule has 0 spiro atoms. The molecular formula is C27H21ClF2N4O2. The van der Waals surface area contributed by atoms with Gasteiger partial charge in [0.05, 0.1) is 17.7 Å². The van der Waals surface area contributed by atoms with Crippen LogP contribution in [0.1, 0.15) is 17.5 Å². The highest BCUT2D eigenvalue weighted by Crippen LogP contribution is 2.41. The molecule has 2 fully saturated rings. The maximum absolute atomic E-state index is 16.3. The Labute approximate surface area is 210 Å². The summed E-state index contributed by atoms with van der Waals surface area (Å²) in [5.41, 5.74) is 0.484. The number of piperazine rings is 1. The Morgan fingerprint density at radius 3 is 2.78 bits per heavy atom. The number of halogens is 3. The Morgan fingerprint density at radius 1 is 1.22 bits per heavy atom. The molecule has 4 heterocycles. The van der Waals surface area contributed by atoms with Crippen molar-refractivity contribution in [3.63, 3.8) is 0 Å². The zero-order valence-corrected chi connectivity index (χ0v) is 19.9. The van der Waals surface area contributed by atoms with E-state index in [0.29, 0.717) is 41.7 Å². The van der Waals surface area contributed by atoms with E-state index in [1.807, 2.05) is 4.90 Å². The first kappa shape index (κ1) is 22.9. The molecule has 4 aromatic rings. The molecule has 6 rings (SSSR count). The summed E-state index contributed by atoms with van der Waals surface area (Å²) >= 11 is 6.48. The number of aromatic hydroxyl groups is 1. The van der Waals surface area contributed by atoms with Gasteiger partial charge in [-0.25, -0.2) is 13.8 Å². The highest BCUT2D eigenvalue weighted by molar-refractivity contribution is 6.31. The summed E-state index contributed by atoms with van der Waals surface area (Å²) < 4.78 is 30.9. The highest BCUT2D eigenvalue weighted by atomic mass is 35.5. The maximum Gasteiger partial charge on any atom is 0.157 e. The number of benzene rings is 2. The summed E-state index contributed by atoms with van der Waals surface area (Å²) in [4.78, 5) is 11.0. The number of hydrogen-bond donors (Lipinski definition) is 3. The van der Waals surface area contributed by atoms with Crippen LogP contribution in [0.4, 0.5) is 14.6 Å². The summed E-state index contributed by atoms with van der Waals surface area (Å²) in [6, 6.07) is 5.43. The molecule has 0 saturated carbocycles. The van der Waals surface area contributed by atoms with E-state index in [-0.39, 0.29) is 50.6 Å². The van der Waals surface area contributed by atoms with Crippen molar-refractivity contribution in [2.24, 2.45) is 0 Å². The Bertz CT molecular complexity index is 1620. The zero-order chi connectivity index (χ0) is 25.3. The Balaban J connectivity index is 1.60. The quantitative estimate of drug-likeness (QED) is 0.278. The number of rotatable bonds is 2. The van der Waals surface area contributed by atoms with Gasteiger partial charge in [0.1, 0.15) is 28.2 Å². The molecular weight excluding hydrogens is 486 g/mol. The van der Waals surface area contributed by atoms with Crippen LogP contribution in [-0.4, -0.2) is 51.5 Å². The van der Waals surface area contributed by atoms with E-state index in [0.717, 1.165) is 0 Å². The van der Waals surface area contributed by atoms with Crippen LogP contribution in [0.5, 0.6) is 5.75 Å². The lowest BCUT2D eigenvalue weighted by Gasteiger charge is -2.34. The fourth-order valence-electron chi connectivity index (χ4n) is 5.54. The lowest BCUT2D eigenvalue weighted by Crippen LogP contribution is -2.53. The van der Waals surface area contributed by atoms with Crippen molar-refractivity contribution in [1.29, 1.82) is 0 Å². The van der Waals surface area contributed by atoms with Gasteiger partial charge >= 0.3 is 0 Å². The first-order chi connectivity index (χ1) is 17.3. The van der Waals surface area contributed by atoms with Crippen LogP contribution in [0, 0.1) is 30.9 Å². The monoisotopic (exact) mass is 506 g/mol. The second-order valence-corrected chi connectivity index (χ2v) is 9.75. The molecule has 2 aromatic heterocycles. The molecule has 0 radical (unpaired) electrons. The van der Waals surface area contributed by atoms with Crippen LogP contribution in [0.25, 0.3) is 32.8 Å². The van der Waals surface area contributed by atoms with Gasteiger partial charge in [-0.2, -0.15) is 0 Å². The molecule has 36 heavy (non-hydrogen) atoms. The number of nitrogens with zero attached hydrogens (tertiary/aromatic N) is 3. The minimum absolute atomic E-state index is 0.0381. The molecule has 9 heteroatoms. The molecule has 3 N–H and O–H groups in total. The van der Waals surface area contributed by atoms with Gasteiger partial charge in [0, 0.05) is 47.1 Å². The first-order valence-corrected chi connectivity index (χ1v) is 11.9. The molecule has 3 unspecified atom stereocenters. The van der Waals surface area contributed by atoms with Crippen LogP contribution in [-0.2, 0) is 0 Å². The van der Waals surface area contributed by atoms with Crippen LogP contribution >= 0.6 is 11.6 Å². The first-order valence-electron chi connectivity index (χ1n) is 11.5. The lowest BCUT2D eigenvalue weighted by molar-refractivity contribution is 0.163. The molecule has 3 atom stereocenters. The van der Waals surface area contributed by atoms with Gasteiger partial charge in [-0.05, 0) is 42.5 Å². The summed E-state index contributed by atoms with van der Waals surface area (Å²) in [6.07, 6.45) is 7.28. The van der Waals surface area contributed by atoms with Crippen molar-refractivity contribution in [2.45, 2.75) is 31.5 Å². The summed E-state index contributed by atoms with van der Waals surface area (Å²) in [5.74, 6) is 1.40. The number of phenolic OH excluding ortho intramolecular Hbond substituents is 1. The Hall–Kier alpha value is -3.51. The topological polar surface area (TPSA) is 81.5 Å². The number of aliphatic hydroxyl groups excluding tert-OH is 1. The van der Waals surface area contributed by atoms with Crippen molar-refractivity contribution in [3.05, 3.63) is 58.4 Å². The highest BCUT2D eigenvalue weighted by Gasteiger charge is 2.39. The van der Waals surface area contributed by atoms with Gasteiger partial charge in [-0.1, -0.05) is 23.6 Å². The number of hydrogen-bond acceptors (Lipinski definition) is 6. The van der Waals surface area contributed by atoms with Crippen molar-refractivity contribution in [2.75, 3.05) is 18.0 Å². The van der Waals surface area contributed by atoms with Crippen molar-refractivity contribution in [3.8, 4) is 29.4 Å². The fourth-order valence-corrected chi connectivity index (χ4v) is 5.71. The molecule has 6 nitrogen and oxygen atoms in total. The van der Waals surface area contributed by atoms with Crippen LogP contribution < -0.4 is 10.2 Å². The number of anilines is 1. The Kier molecular flexibility index (Phi) is 5.27. The predicted octanol–water partition coefficient (Wildman–Crippen LogP) is 4.29. The number of pyridine rings is 2. The minimum atomic E-state index is -0.673. The summed E-state index contributed by atoms with van der Waals surface area (Å²) in [6.45, 7) is 2.75. The van der Waals surface area contributed by atoms with Crippen LogP contribution in [0.3, 0.4) is 0 Å². The average molecular weight is 507 g/mol. The third-order valence-electron chi connectivity index (χ3n) is 7.20. The minimum Gasteiger partial charge on any atom is -0.508 e. The van der Waals surface area contributed by atoms with Gasteiger partial charge in [0.25, 0.3) is 0 Å². The molecule has 0 amide bonds. The van der Waals surface area contributed by atoms with Gasteiger partial charge in [-0.3, -0.25) is 4.98 Å². The van der Waals surface area contributed by atoms with E-state index >= 15 is 4.39 Å². The van der Waals surface area contributed by atoms with E-state index in [2.05, 4.69) is 21.2 Å². The van der Waals surface area contributed by atoms with Crippen molar-refractivity contribution < 1.29 is 19.0 Å². The normalized spacial score (nSPS) is 21.3. The smallest absolute Gasteiger partial charge is 0.157 e. The molecule has 2 aliphatic rings. The molecule has 182 valence electrons. The fraction of sp³-hybridized carbons (Fsp3) is 0.259. The summed E-state index contributed by atoms with van der Waals surface area (Å²) in [7, 11) is 0. The van der Waals surface area contributed by atoms with E-state index in [1.165, 1.54) is 30.5 Å². The standard InChI is InChI=1S/C27H21ClF2N4O2/c1-3-16-19(29)5-4-13-6-15(35)8-17(23(13)16)25-24(30)22-12(2)26(28)33-27(18(22)9-31-25)34-10-14-7-21(36)20(11-34)32-14/h1,4-6,8-9,14,20-21,32,35-36H,7,10-11H2,2H3. The van der Waals surface area contributed by atoms with Crippen molar-refractivity contribution in [1.82, 2.24) is 15.3 Å². The lowest BCUT2D eigenvalue weighted by atomic mass is 9.95. The molecule has 0 aliphatic carbocycles. The van der Waals surface area contributed by atoms with E-state index in [1.54, 1.807) is 6.92 Å². The number of nitrogens with one attached hydrogen (secondary N) is 1.